The van der Waals surface area contributed by atoms with Crippen molar-refractivity contribution in [2.45, 2.75) is 52.8 Å². The zero-order valence-corrected chi connectivity index (χ0v) is 23.2. The van der Waals surface area contributed by atoms with E-state index in [2.05, 4.69) is 36.0 Å². The molecule has 4 N–H and O–H groups in total. The second kappa shape index (κ2) is 17.8. The number of nitrogens with one attached hydrogen (secondary N) is 4. The van der Waals surface area contributed by atoms with Gasteiger partial charge in [0.2, 0.25) is 12.8 Å². The van der Waals surface area contributed by atoms with E-state index in [1.165, 1.54) is 12.4 Å². The van der Waals surface area contributed by atoms with Crippen LogP contribution in [0.2, 0.25) is 0 Å². The van der Waals surface area contributed by atoms with Crippen molar-refractivity contribution >= 4 is 36.0 Å². The summed E-state index contributed by atoms with van der Waals surface area (Å²) < 4.78 is 25.2. The zero-order chi connectivity index (χ0) is 30.0. The number of carbonyl (C=O) groups is 3. The second-order valence-corrected chi connectivity index (χ2v) is 9.05. The molecule has 0 atom stereocenters. The summed E-state index contributed by atoms with van der Waals surface area (Å²) in [6.45, 7) is 7.83. The average molecular weight is 559 g/mol. The van der Waals surface area contributed by atoms with Crippen LogP contribution in [0.1, 0.15) is 49.3 Å². The molecule has 0 aliphatic heterocycles. The van der Waals surface area contributed by atoms with Crippen molar-refractivity contribution in [3.8, 4) is 0 Å². The van der Waals surface area contributed by atoms with Gasteiger partial charge in [-0.05, 0) is 51.0 Å². The van der Waals surface area contributed by atoms with Crippen LogP contribution in [-0.2, 0) is 27.4 Å². The summed E-state index contributed by atoms with van der Waals surface area (Å²) in [5, 5.41) is 11.6. The van der Waals surface area contributed by atoms with Gasteiger partial charge in [-0.25, -0.2) is 18.7 Å². The Kier molecular flexibility index (Phi) is 14.9. The van der Waals surface area contributed by atoms with E-state index < -0.39 is 6.43 Å². The van der Waals surface area contributed by atoms with Crippen LogP contribution in [0, 0.1) is 0 Å². The summed E-state index contributed by atoms with van der Waals surface area (Å²) >= 11 is 0. The van der Waals surface area contributed by atoms with E-state index >= 15 is 0 Å². The number of aromatic nitrogens is 2. The minimum absolute atomic E-state index is 0.230. The highest BCUT2D eigenvalue weighted by Crippen LogP contribution is 2.20. The third-order valence-electron chi connectivity index (χ3n) is 4.62. The number of anilines is 3. The molecule has 40 heavy (non-hydrogen) atoms. The summed E-state index contributed by atoms with van der Waals surface area (Å²) in [4.78, 5) is 40.8. The smallest absolute Gasteiger partial charge is 0.293 e. The predicted molar refractivity (Wildman–Crippen MR) is 151 cm³/mol. The second-order valence-electron chi connectivity index (χ2n) is 9.05. The monoisotopic (exact) mass is 558 g/mol. The molecule has 0 unspecified atom stereocenters. The lowest BCUT2D eigenvalue weighted by Gasteiger charge is -2.14. The van der Waals surface area contributed by atoms with Gasteiger partial charge in [-0.3, -0.25) is 14.4 Å². The first-order valence-corrected chi connectivity index (χ1v) is 12.3. The molecule has 0 radical (unpaired) electrons. The lowest BCUT2D eigenvalue weighted by Crippen LogP contribution is -2.17. The first-order chi connectivity index (χ1) is 19.0. The summed E-state index contributed by atoms with van der Waals surface area (Å²) in [6, 6.07) is 15.3. The van der Waals surface area contributed by atoms with Crippen LogP contribution in [-0.4, -0.2) is 47.8 Å². The maximum atomic E-state index is 12.4. The zero-order valence-electron chi connectivity index (χ0n) is 23.2. The highest BCUT2D eigenvalue weighted by atomic mass is 19.3. The van der Waals surface area contributed by atoms with Crippen LogP contribution >= 0.6 is 0 Å². The molecule has 216 valence electrons. The molecule has 0 spiro atoms. The Morgan fingerprint density at radius 3 is 1.98 bits per heavy atom. The minimum Gasteiger partial charge on any atom is -0.462 e. The van der Waals surface area contributed by atoms with Crippen LogP contribution in [0.15, 0.2) is 60.9 Å². The average Bonchev–Trinajstić information content (AvgIpc) is 2.91. The molecule has 0 saturated carbocycles. The molecule has 1 heterocycles. The number of alkyl halides is 2. The van der Waals surface area contributed by atoms with E-state index in [0.717, 1.165) is 23.7 Å². The number of hydrogen-bond donors (Lipinski definition) is 4. The van der Waals surface area contributed by atoms with E-state index in [1.54, 1.807) is 7.05 Å². The Bertz CT molecular complexity index is 1170. The molecule has 2 amide bonds. The quantitative estimate of drug-likeness (QED) is 0.259. The number of hydrogen-bond acceptors (Lipinski definition) is 8. The minimum atomic E-state index is -2.17. The molecule has 0 aliphatic rings. The molecule has 10 nitrogen and oxygen atoms in total. The largest absolute Gasteiger partial charge is 0.462 e. The van der Waals surface area contributed by atoms with Gasteiger partial charge >= 0.3 is 0 Å². The number of ether oxygens (including phenoxy) is 1. The van der Waals surface area contributed by atoms with Gasteiger partial charge in [0, 0.05) is 20.1 Å². The molecule has 0 saturated heterocycles. The van der Waals surface area contributed by atoms with Gasteiger partial charge in [-0.1, -0.05) is 36.4 Å². The standard InChI is InChI=1S/C21H22N6O2.C5H10O2.C2H4F2/c1-22-17-4-2-3-5-18(17)27-21(29)19-12-26-20(13-24-19)25-11-16-8-6-15(7-9-16)10-23-14-28;1-5(2,3)7-4-6;1-2(3)4/h2-9,12-14,22H,10-11H2,1H3,(H,23,28)(H,25,26)(H,27,29);4H,1-3H3;2H,1H3. The van der Waals surface area contributed by atoms with Gasteiger partial charge in [-0.2, -0.15) is 0 Å². The lowest BCUT2D eigenvalue weighted by atomic mass is 10.1. The normalized spacial score (nSPS) is 10.1. The molecule has 2 aromatic carbocycles. The Morgan fingerprint density at radius 1 is 0.950 bits per heavy atom. The van der Waals surface area contributed by atoms with Crippen LogP contribution in [0.25, 0.3) is 0 Å². The van der Waals surface area contributed by atoms with Crippen molar-refractivity contribution in [3.05, 3.63) is 77.7 Å². The maximum absolute atomic E-state index is 12.4. The van der Waals surface area contributed by atoms with Crippen molar-refractivity contribution in [1.29, 1.82) is 0 Å². The molecule has 3 rings (SSSR count). The highest BCUT2D eigenvalue weighted by Gasteiger charge is 2.11. The SMILES string of the molecule is CC(C)(C)OC=O.CC(F)F.CNc1ccccc1NC(=O)c1cnc(NCc2ccc(CNC=O)cc2)cn1. The van der Waals surface area contributed by atoms with Crippen LogP contribution in [0.4, 0.5) is 26.0 Å². The fraction of sp³-hybridized carbons (Fsp3) is 0.321. The van der Waals surface area contributed by atoms with Gasteiger partial charge in [-0.15, -0.1) is 0 Å². The summed E-state index contributed by atoms with van der Waals surface area (Å²) in [5.74, 6) is 0.246. The van der Waals surface area contributed by atoms with E-state index in [9.17, 15) is 23.2 Å². The van der Waals surface area contributed by atoms with Crippen molar-refractivity contribution in [2.24, 2.45) is 0 Å². The van der Waals surface area contributed by atoms with Gasteiger partial charge < -0.3 is 26.0 Å². The molecule has 0 fully saturated rings. The van der Waals surface area contributed by atoms with Crippen molar-refractivity contribution < 1.29 is 27.9 Å². The molecule has 0 aliphatic carbocycles. The van der Waals surface area contributed by atoms with Gasteiger partial charge in [0.25, 0.3) is 12.4 Å². The van der Waals surface area contributed by atoms with E-state index in [1.807, 2.05) is 69.3 Å². The number of nitrogens with zero attached hydrogens (tertiary/aromatic N) is 2. The molecule has 3 aromatic rings. The van der Waals surface area contributed by atoms with Gasteiger partial charge in [0.15, 0.2) is 0 Å². The highest BCUT2D eigenvalue weighted by molar-refractivity contribution is 6.04. The third-order valence-corrected chi connectivity index (χ3v) is 4.62. The van der Waals surface area contributed by atoms with Gasteiger partial charge in [0.1, 0.15) is 17.1 Å². The van der Waals surface area contributed by atoms with Crippen molar-refractivity contribution in [3.63, 3.8) is 0 Å². The summed E-state index contributed by atoms with van der Waals surface area (Å²) in [7, 11) is 1.79. The van der Waals surface area contributed by atoms with Crippen LogP contribution in [0.5, 0.6) is 0 Å². The predicted octanol–water partition coefficient (Wildman–Crippen LogP) is 4.86. The fourth-order valence-corrected chi connectivity index (χ4v) is 2.80. The lowest BCUT2D eigenvalue weighted by molar-refractivity contribution is -0.138. The molecule has 12 heteroatoms. The van der Waals surface area contributed by atoms with E-state index in [-0.39, 0.29) is 17.2 Å². The molecule has 0 bridgehead atoms. The van der Waals surface area contributed by atoms with E-state index in [4.69, 9.17) is 0 Å². The van der Waals surface area contributed by atoms with Crippen LogP contribution < -0.4 is 21.3 Å². The molecular formula is C28H36F2N6O4. The number of amides is 2. The first-order valence-electron chi connectivity index (χ1n) is 12.3. The molecule has 1 aromatic heterocycles. The fourth-order valence-electron chi connectivity index (χ4n) is 2.80. The van der Waals surface area contributed by atoms with Gasteiger partial charge in [0.05, 0.1) is 23.8 Å². The Hall–Kier alpha value is -4.61. The number of benzene rings is 2. The Labute approximate surface area is 233 Å². The maximum Gasteiger partial charge on any atom is 0.293 e. The third kappa shape index (κ3) is 14.4. The Balaban J connectivity index is 0.000000617. The topological polar surface area (TPSA) is 134 Å². The molecular weight excluding hydrogens is 522 g/mol. The summed E-state index contributed by atoms with van der Waals surface area (Å²) in [5.41, 5.74) is 3.49. The Morgan fingerprint density at radius 2 is 1.52 bits per heavy atom. The number of para-hydroxylation sites is 2. The number of halogens is 2. The van der Waals surface area contributed by atoms with Crippen molar-refractivity contribution in [1.82, 2.24) is 15.3 Å². The first kappa shape index (κ1) is 33.4. The summed E-state index contributed by atoms with van der Waals surface area (Å²) in [6.07, 6.45) is 1.48. The van der Waals surface area contributed by atoms with E-state index in [0.29, 0.717) is 37.5 Å². The number of carbonyl (C=O) groups excluding carboxylic acids is 3. The van der Waals surface area contributed by atoms with Crippen LogP contribution in [0.3, 0.4) is 0 Å². The van der Waals surface area contributed by atoms with Crippen molar-refractivity contribution in [2.75, 3.05) is 23.0 Å². The number of rotatable bonds is 10.